The van der Waals surface area contributed by atoms with Crippen molar-refractivity contribution >= 4 is 11.6 Å². The summed E-state index contributed by atoms with van der Waals surface area (Å²) in [6, 6.07) is 1.89. The van der Waals surface area contributed by atoms with Gasteiger partial charge in [0, 0.05) is 5.57 Å². The van der Waals surface area contributed by atoms with E-state index in [9.17, 15) is 0 Å². The van der Waals surface area contributed by atoms with Crippen molar-refractivity contribution in [3.63, 3.8) is 0 Å². The molecule has 0 aromatic rings. The van der Waals surface area contributed by atoms with Gasteiger partial charge in [-0.2, -0.15) is 5.26 Å². The Morgan fingerprint density at radius 3 is 2.50 bits per heavy atom. The van der Waals surface area contributed by atoms with Gasteiger partial charge in [-0.25, -0.2) is 0 Å². The van der Waals surface area contributed by atoms with E-state index < -0.39 is 0 Å². The third-order valence-electron chi connectivity index (χ3n) is 0.705. The predicted octanol–water partition coefficient (Wildman–Crippen LogP) is 2.21. The van der Waals surface area contributed by atoms with E-state index in [0.717, 1.165) is 0 Å². The topological polar surface area (TPSA) is 23.8 Å². The number of hydrogen-bond donors (Lipinski definition) is 0. The summed E-state index contributed by atoms with van der Waals surface area (Å²) in [5.41, 5.74) is 0.502. The summed E-state index contributed by atoms with van der Waals surface area (Å²) in [6.07, 6.45) is 1.44. The molecule has 0 heterocycles. The first-order valence-corrected chi connectivity index (χ1v) is 2.49. The fourth-order valence-electron chi connectivity index (χ4n) is 0.206. The Kier molecular flexibility index (Phi) is 2.98. The monoisotopic (exact) mass is 127 g/mol. The fourth-order valence-corrected chi connectivity index (χ4v) is 0.249. The van der Waals surface area contributed by atoms with Gasteiger partial charge in [-0.1, -0.05) is 18.2 Å². The van der Waals surface area contributed by atoms with E-state index in [0.29, 0.717) is 10.6 Å². The highest BCUT2D eigenvalue weighted by Gasteiger charge is 1.88. The fraction of sp³-hybridized carbons (Fsp3) is 0.167. The smallest absolute Gasteiger partial charge is 0.0959 e. The van der Waals surface area contributed by atoms with E-state index in [2.05, 4.69) is 6.58 Å². The zero-order chi connectivity index (χ0) is 6.57. The molecule has 0 fully saturated rings. The van der Waals surface area contributed by atoms with Crippen LogP contribution in [0.4, 0.5) is 0 Å². The third-order valence-corrected chi connectivity index (χ3v) is 1.14. The molecule has 8 heavy (non-hydrogen) atoms. The van der Waals surface area contributed by atoms with Gasteiger partial charge in [-0.15, -0.1) is 0 Å². The van der Waals surface area contributed by atoms with Crippen LogP contribution in [-0.2, 0) is 0 Å². The first-order chi connectivity index (χ1) is 3.72. The van der Waals surface area contributed by atoms with Gasteiger partial charge < -0.3 is 0 Å². The average molecular weight is 128 g/mol. The molecule has 0 aliphatic carbocycles. The van der Waals surface area contributed by atoms with Crippen molar-refractivity contribution in [2.24, 2.45) is 0 Å². The quantitative estimate of drug-likeness (QED) is 0.391. The molecule has 0 atom stereocenters. The highest BCUT2D eigenvalue weighted by atomic mass is 35.5. The SMILES string of the molecule is C=C/C(Cl)=C(\C)C#N. The minimum absolute atomic E-state index is 0.424. The van der Waals surface area contributed by atoms with Gasteiger partial charge in [-0.3, -0.25) is 0 Å². The molecule has 42 valence electrons. The molecule has 2 heteroatoms. The molecule has 0 aliphatic rings. The molecule has 0 radical (unpaired) electrons. The molecule has 0 saturated carbocycles. The summed E-state index contributed by atoms with van der Waals surface area (Å²) in [6.45, 7) is 5.03. The van der Waals surface area contributed by atoms with Crippen LogP contribution in [-0.4, -0.2) is 0 Å². The van der Waals surface area contributed by atoms with Gasteiger partial charge in [0.25, 0.3) is 0 Å². The first kappa shape index (κ1) is 7.26. The Balaban J connectivity index is 4.33. The molecular formula is C6H6ClN. The Morgan fingerprint density at radius 2 is 2.38 bits per heavy atom. The number of allylic oxidation sites excluding steroid dienone is 3. The lowest BCUT2D eigenvalue weighted by molar-refractivity contribution is 1.43. The van der Waals surface area contributed by atoms with Crippen LogP contribution in [0.1, 0.15) is 6.92 Å². The molecule has 0 aromatic carbocycles. The van der Waals surface area contributed by atoms with Crippen LogP contribution >= 0.6 is 11.6 Å². The van der Waals surface area contributed by atoms with Gasteiger partial charge in [0.05, 0.1) is 11.1 Å². The van der Waals surface area contributed by atoms with Gasteiger partial charge in [0.15, 0.2) is 0 Å². The van der Waals surface area contributed by atoms with E-state index in [4.69, 9.17) is 16.9 Å². The predicted molar refractivity (Wildman–Crippen MR) is 34.4 cm³/mol. The number of nitriles is 1. The Bertz CT molecular complexity index is 162. The molecular weight excluding hydrogens is 122 g/mol. The van der Waals surface area contributed by atoms with Gasteiger partial charge in [0.2, 0.25) is 0 Å². The van der Waals surface area contributed by atoms with Crippen LogP contribution in [0.2, 0.25) is 0 Å². The Morgan fingerprint density at radius 1 is 1.88 bits per heavy atom. The summed E-state index contributed by atoms with van der Waals surface area (Å²) in [5, 5.41) is 8.62. The maximum atomic E-state index is 8.20. The molecule has 1 nitrogen and oxygen atoms in total. The van der Waals surface area contributed by atoms with Crippen LogP contribution in [0.3, 0.4) is 0 Å². The molecule has 0 rings (SSSR count). The molecule has 0 saturated heterocycles. The number of rotatable bonds is 1. The minimum Gasteiger partial charge on any atom is -0.193 e. The van der Waals surface area contributed by atoms with E-state index in [1.807, 2.05) is 6.07 Å². The number of nitrogens with zero attached hydrogens (tertiary/aromatic N) is 1. The maximum absolute atomic E-state index is 8.20. The van der Waals surface area contributed by atoms with Crippen LogP contribution in [0.5, 0.6) is 0 Å². The van der Waals surface area contributed by atoms with E-state index in [-0.39, 0.29) is 0 Å². The lowest BCUT2D eigenvalue weighted by atomic mass is 10.3. The molecule has 0 bridgehead atoms. The lowest BCUT2D eigenvalue weighted by Crippen LogP contribution is -1.69. The molecule has 0 unspecified atom stereocenters. The highest BCUT2D eigenvalue weighted by Crippen LogP contribution is 2.07. The Hall–Kier alpha value is -0.740. The van der Waals surface area contributed by atoms with Crippen molar-refractivity contribution < 1.29 is 0 Å². The third kappa shape index (κ3) is 1.81. The van der Waals surface area contributed by atoms with Crippen LogP contribution in [0, 0.1) is 11.3 Å². The number of hydrogen-bond acceptors (Lipinski definition) is 1. The summed E-state index contributed by atoms with van der Waals surface area (Å²) in [5.74, 6) is 0. The summed E-state index contributed by atoms with van der Waals surface area (Å²) < 4.78 is 0. The van der Waals surface area contributed by atoms with Crippen molar-refractivity contribution in [2.75, 3.05) is 0 Å². The minimum atomic E-state index is 0.424. The van der Waals surface area contributed by atoms with Crippen molar-refractivity contribution in [1.82, 2.24) is 0 Å². The van der Waals surface area contributed by atoms with E-state index in [1.165, 1.54) is 6.08 Å². The second-order valence-corrected chi connectivity index (χ2v) is 1.70. The maximum Gasteiger partial charge on any atom is 0.0959 e. The van der Waals surface area contributed by atoms with E-state index in [1.54, 1.807) is 6.92 Å². The van der Waals surface area contributed by atoms with Crippen LogP contribution in [0.25, 0.3) is 0 Å². The molecule has 0 aliphatic heterocycles. The molecule has 0 amide bonds. The second kappa shape index (κ2) is 3.29. The number of halogens is 1. The molecule has 0 N–H and O–H groups in total. The van der Waals surface area contributed by atoms with Crippen LogP contribution in [0.15, 0.2) is 23.3 Å². The zero-order valence-electron chi connectivity index (χ0n) is 4.61. The van der Waals surface area contributed by atoms with Crippen molar-refractivity contribution in [3.05, 3.63) is 23.3 Å². The van der Waals surface area contributed by atoms with Crippen molar-refractivity contribution in [1.29, 1.82) is 5.26 Å². The summed E-state index contributed by atoms with van der Waals surface area (Å²) in [4.78, 5) is 0. The molecule has 0 aromatic heterocycles. The largest absolute Gasteiger partial charge is 0.193 e. The highest BCUT2D eigenvalue weighted by molar-refractivity contribution is 6.31. The van der Waals surface area contributed by atoms with Gasteiger partial charge >= 0.3 is 0 Å². The van der Waals surface area contributed by atoms with Gasteiger partial charge in [0.1, 0.15) is 0 Å². The summed E-state index contributed by atoms with van der Waals surface area (Å²) >= 11 is 5.45. The normalized spacial score (nSPS) is 11.6. The first-order valence-electron chi connectivity index (χ1n) is 2.11. The lowest BCUT2D eigenvalue weighted by Gasteiger charge is -1.84. The van der Waals surface area contributed by atoms with Crippen molar-refractivity contribution in [3.8, 4) is 6.07 Å². The van der Waals surface area contributed by atoms with Gasteiger partial charge in [-0.05, 0) is 13.0 Å². The van der Waals surface area contributed by atoms with Crippen molar-refractivity contribution in [2.45, 2.75) is 6.92 Å². The zero-order valence-corrected chi connectivity index (χ0v) is 5.37. The van der Waals surface area contributed by atoms with E-state index >= 15 is 0 Å². The second-order valence-electron chi connectivity index (χ2n) is 1.29. The average Bonchev–Trinajstić information content (AvgIpc) is 1.84. The summed E-state index contributed by atoms with van der Waals surface area (Å²) in [7, 11) is 0. The molecule has 0 spiro atoms. The standard InChI is InChI=1S/C6H6ClN/c1-3-6(7)5(2)4-8/h3H,1H2,2H3/b6-5-. The Labute approximate surface area is 53.9 Å². The van der Waals surface area contributed by atoms with Crippen LogP contribution < -0.4 is 0 Å².